The number of rotatable bonds is 5. The van der Waals surface area contributed by atoms with Gasteiger partial charge in [0.25, 0.3) is 0 Å². The van der Waals surface area contributed by atoms with Gasteiger partial charge in [0.05, 0.1) is 16.9 Å². The summed E-state index contributed by atoms with van der Waals surface area (Å²) in [6, 6.07) is 25.5. The van der Waals surface area contributed by atoms with Crippen LogP contribution in [-0.2, 0) is 4.79 Å². The summed E-state index contributed by atoms with van der Waals surface area (Å²) in [4.78, 5) is 26.6. The first-order valence-corrected chi connectivity index (χ1v) is 10.8. The van der Waals surface area contributed by atoms with E-state index in [1.165, 1.54) is 0 Å². The van der Waals surface area contributed by atoms with Crippen molar-refractivity contribution in [2.45, 2.75) is 5.92 Å². The van der Waals surface area contributed by atoms with Crippen molar-refractivity contribution in [3.63, 3.8) is 0 Å². The van der Waals surface area contributed by atoms with Crippen LogP contribution in [-0.4, -0.2) is 20.9 Å². The predicted molar refractivity (Wildman–Crippen MR) is 133 cm³/mol. The Labute approximate surface area is 197 Å². The maximum Gasteiger partial charge on any atom is 0.247 e. The van der Waals surface area contributed by atoms with Crippen LogP contribution < -0.4 is 11.3 Å². The van der Waals surface area contributed by atoms with E-state index in [9.17, 15) is 4.79 Å². The molecule has 0 saturated carbocycles. The quantitative estimate of drug-likeness (QED) is 0.234. The van der Waals surface area contributed by atoms with E-state index >= 15 is 0 Å². The Morgan fingerprint density at radius 2 is 1.62 bits per heavy atom. The zero-order valence-corrected chi connectivity index (χ0v) is 18.3. The number of benzene rings is 2. The molecule has 0 spiro atoms. The summed E-state index contributed by atoms with van der Waals surface area (Å²) in [7, 11) is 0. The topological polar surface area (TPSA) is 93.8 Å². The highest BCUT2D eigenvalue weighted by Gasteiger charge is 2.26. The molecule has 0 aliphatic heterocycles. The summed E-state index contributed by atoms with van der Waals surface area (Å²) in [5, 5.41) is 0.782. The van der Waals surface area contributed by atoms with Crippen molar-refractivity contribution in [2.75, 3.05) is 0 Å². The van der Waals surface area contributed by atoms with Crippen LogP contribution in [0.4, 0.5) is 0 Å². The van der Waals surface area contributed by atoms with E-state index in [4.69, 9.17) is 10.8 Å². The summed E-state index contributed by atoms with van der Waals surface area (Å²) in [6.45, 7) is 3.99. The number of nitrogens with two attached hydrogens (primary N) is 1. The monoisotopic (exact) mass is 444 g/mol. The first-order chi connectivity index (χ1) is 16.7. The average Bonchev–Trinajstić information content (AvgIpc) is 2.89. The number of carbonyl (C=O) groups excluding carboxylic acids is 1. The largest absolute Gasteiger partial charge is 0.293 e. The molecule has 34 heavy (non-hydrogen) atoms. The van der Waals surface area contributed by atoms with E-state index in [1.54, 1.807) is 30.7 Å². The second kappa shape index (κ2) is 9.21. The van der Waals surface area contributed by atoms with Crippen molar-refractivity contribution in [3.05, 3.63) is 121 Å². The van der Waals surface area contributed by atoms with Crippen molar-refractivity contribution in [3.8, 4) is 22.4 Å². The molecule has 3 aromatic heterocycles. The molecule has 1 atom stereocenters. The fraction of sp³-hybridized carbons (Fsp3) is 0.0357. The molecule has 5 rings (SSSR count). The minimum atomic E-state index is -0.710. The lowest BCUT2D eigenvalue weighted by molar-refractivity contribution is -0.121. The Bertz CT molecular complexity index is 1450. The summed E-state index contributed by atoms with van der Waals surface area (Å²) >= 11 is 0. The minimum absolute atomic E-state index is 0.359. The number of hydrogen-bond acceptors (Lipinski definition) is 5. The fourth-order valence-electron chi connectivity index (χ4n) is 4.14. The number of fused-ring (bicyclic) bond motifs is 1. The maximum absolute atomic E-state index is 12.9. The lowest BCUT2D eigenvalue weighted by Gasteiger charge is -2.18. The second-order valence-electron chi connectivity index (χ2n) is 7.93. The molecule has 1 unspecified atom stereocenters. The van der Waals surface area contributed by atoms with E-state index in [0.717, 1.165) is 44.4 Å². The van der Waals surface area contributed by atoms with Gasteiger partial charge in [0, 0.05) is 35.1 Å². The number of nitrogens with zero attached hydrogens (tertiary/aromatic N) is 3. The van der Waals surface area contributed by atoms with Gasteiger partial charge in [-0.25, -0.2) is 10.8 Å². The van der Waals surface area contributed by atoms with Crippen LogP contribution in [0.3, 0.4) is 0 Å². The van der Waals surface area contributed by atoms with Crippen LogP contribution in [0.2, 0.25) is 0 Å². The van der Waals surface area contributed by atoms with Gasteiger partial charge in [-0.2, -0.15) is 0 Å². The molecule has 165 valence electrons. The lowest BCUT2D eigenvalue weighted by Crippen LogP contribution is -2.35. The number of nitrogens with one attached hydrogen (secondary N) is 1. The average molecular weight is 445 g/mol. The molecule has 5 aromatic rings. The number of aromatic nitrogens is 3. The van der Waals surface area contributed by atoms with Gasteiger partial charge in [0.15, 0.2) is 0 Å². The Morgan fingerprint density at radius 1 is 0.882 bits per heavy atom. The molecule has 0 fully saturated rings. The molecule has 0 aliphatic rings. The number of pyridine rings is 3. The first kappa shape index (κ1) is 21.4. The Morgan fingerprint density at radius 3 is 2.32 bits per heavy atom. The molecule has 0 saturated heterocycles. The minimum Gasteiger partial charge on any atom is -0.293 e. The highest BCUT2D eigenvalue weighted by molar-refractivity contribution is 5.96. The van der Waals surface area contributed by atoms with Crippen LogP contribution in [0.5, 0.6) is 0 Å². The smallest absolute Gasteiger partial charge is 0.247 e. The van der Waals surface area contributed by atoms with E-state index in [2.05, 4.69) is 28.4 Å². The zero-order chi connectivity index (χ0) is 23.5. The van der Waals surface area contributed by atoms with Gasteiger partial charge in [-0.05, 0) is 47.9 Å². The van der Waals surface area contributed by atoms with Crippen LogP contribution in [0.1, 0.15) is 22.7 Å². The predicted octanol–water partition coefficient (Wildman–Crippen LogP) is 4.66. The van der Waals surface area contributed by atoms with E-state index in [-0.39, 0.29) is 5.91 Å². The SMILES string of the molecule is [CH2]c1ccc(-c2nc3ccnc(C(C(=O)NN)c4ccncc4)c3cc2-c2ccccc2)cc1. The fourth-order valence-corrected chi connectivity index (χ4v) is 4.14. The molecule has 1 radical (unpaired) electrons. The second-order valence-corrected chi connectivity index (χ2v) is 7.93. The Hall–Kier alpha value is -4.42. The van der Waals surface area contributed by atoms with E-state index < -0.39 is 5.92 Å². The van der Waals surface area contributed by atoms with Crippen LogP contribution in [0, 0.1) is 6.92 Å². The van der Waals surface area contributed by atoms with Gasteiger partial charge in [-0.3, -0.25) is 20.2 Å². The third kappa shape index (κ3) is 4.02. The van der Waals surface area contributed by atoms with Crippen molar-refractivity contribution in [1.29, 1.82) is 0 Å². The molecule has 3 N–H and O–H groups in total. The standard InChI is InChI=1S/C28H22N5O/c1-18-7-9-21(10-8-18)26-22(19-5-3-2-4-6-19)17-23-24(32-26)13-16-31-27(23)25(28(34)33-29)20-11-14-30-15-12-20/h2-17,25H,1,29H2,(H,33,34). The third-order valence-corrected chi connectivity index (χ3v) is 5.80. The first-order valence-electron chi connectivity index (χ1n) is 10.8. The highest BCUT2D eigenvalue weighted by Crippen LogP contribution is 2.36. The van der Waals surface area contributed by atoms with E-state index in [1.807, 2.05) is 60.7 Å². The highest BCUT2D eigenvalue weighted by atomic mass is 16.2. The third-order valence-electron chi connectivity index (χ3n) is 5.80. The summed E-state index contributed by atoms with van der Waals surface area (Å²) in [5.74, 6) is 4.49. The number of hydrazine groups is 1. The molecule has 3 heterocycles. The molecule has 0 aliphatic carbocycles. The summed E-state index contributed by atoms with van der Waals surface area (Å²) in [5.41, 5.74) is 9.08. The Kier molecular flexibility index (Phi) is 5.81. The molecule has 6 heteroatoms. The van der Waals surface area contributed by atoms with Crippen LogP contribution in [0.25, 0.3) is 33.3 Å². The van der Waals surface area contributed by atoms with Crippen LogP contribution in [0.15, 0.2) is 97.5 Å². The van der Waals surface area contributed by atoms with Gasteiger partial charge in [-0.1, -0.05) is 54.6 Å². The zero-order valence-electron chi connectivity index (χ0n) is 18.3. The van der Waals surface area contributed by atoms with Crippen molar-refractivity contribution in [1.82, 2.24) is 20.4 Å². The molecular formula is C28H22N5O. The number of carbonyl (C=O) groups is 1. The van der Waals surface area contributed by atoms with Crippen molar-refractivity contribution >= 4 is 16.8 Å². The summed E-state index contributed by atoms with van der Waals surface area (Å²) < 4.78 is 0. The van der Waals surface area contributed by atoms with Gasteiger partial charge in [0.2, 0.25) is 5.91 Å². The molecule has 6 nitrogen and oxygen atoms in total. The van der Waals surface area contributed by atoms with Crippen LogP contribution >= 0.6 is 0 Å². The molecule has 2 aromatic carbocycles. The molecule has 1 amide bonds. The number of amides is 1. The Balaban J connectivity index is 1.79. The lowest BCUT2D eigenvalue weighted by atomic mass is 9.90. The maximum atomic E-state index is 12.9. The van der Waals surface area contributed by atoms with Crippen molar-refractivity contribution < 1.29 is 4.79 Å². The molecular weight excluding hydrogens is 422 g/mol. The molecule has 0 bridgehead atoms. The normalized spacial score (nSPS) is 11.8. The van der Waals surface area contributed by atoms with Gasteiger partial charge < -0.3 is 0 Å². The van der Waals surface area contributed by atoms with Gasteiger partial charge in [0.1, 0.15) is 5.92 Å². The van der Waals surface area contributed by atoms with Crippen molar-refractivity contribution in [2.24, 2.45) is 5.84 Å². The van der Waals surface area contributed by atoms with Gasteiger partial charge >= 0.3 is 0 Å². The summed E-state index contributed by atoms with van der Waals surface area (Å²) in [6.07, 6.45) is 4.97. The van der Waals surface area contributed by atoms with E-state index in [0.29, 0.717) is 5.69 Å². The van der Waals surface area contributed by atoms with Gasteiger partial charge in [-0.15, -0.1) is 0 Å². The number of hydrogen-bond donors (Lipinski definition) is 2.